The average molecular weight is 272 g/mol. The smallest absolute Gasteiger partial charge is 0.139 e. The van der Waals surface area contributed by atoms with Crippen LogP contribution in [0.2, 0.25) is 0 Å². The largest absolute Gasteiger partial charge is 0.299 e. The number of rotatable bonds is 0. The number of ketones is 1. The first-order valence-corrected chi connectivity index (χ1v) is 8.79. The van der Waals surface area contributed by atoms with Crippen molar-refractivity contribution in [3.8, 4) is 0 Å². The van der Waals surface area contributed by atoms with Crippen LogP contribution in [0, 0.1) is 28.6 Å². The van der Waals surface area contributed by atoms with Crippen LogP contribution in [0.4, 0.5) is 0 Å². The zero-order valence-electron chi connectivity index (χ0n) is 13.1. The molecule has 0 radical (unpaired) electrons. The minimum atomic E-state index is -0.00791. The number of hydrogen-bond acceptors (Lipinski definition) is 1. The van der Waals surface area contributed by atoms with Crippen molar-refractivity contribution in [3.05, 3.63) is 11.6 Å². The Bertz CT molecular complexity index is 476. The summed E-state index contributed by atoms with van der Waals surface area (Å²) in [5.74, 6) is 2.88. The molecule has 4 aliphatic rings. The fourth-order valence-electron chi connectivity index (χ4n) is 6.34. The van der Waals surface area contributed by atoms with Gasteiger partial charge in [0.1, 0.15) is 5.78 Å². The van der Waals surface area contributed by atoms with Crippen LogP contribution in [-0.2, 0) is 4.79 Å². The summed E-state index contributed by atoms with van der Waals surface area (Å²) in [4.78, 5) is 12.3. The highest BCUT2D eigenvalue weighted by molar-refractivity contribution is 5.87. The summed E-state index contributed by atoms with van der Waals surface area (Å²) in [5.41, 5.74) is 2.26. The summed E-state index contributed by atoms with van der Waals surface area (Å²) >= 11 is 0. The Balaban J connectivity index is 1.74. The summed E-state index contributed by atoms with van der Waals surface area (Å²) < 4.78 is 0. The van der Waals surface area contributed by atoms with Gasteiger partial charge in [-0.15, -0.1) is 0 Å². The molecule has 0 bridgehead atoms. The third kappa shape index (κ3) is 1.53. The zero-order chi connectivity index (χ0) is 14.0. The van der Waals surface area contributed by atoms with Crippen LogP contribution in [0.5, 0.6) is 0 Å². The Labute approximate surface area is 123 Å². The second-order valence-corrected chi connectivity index (χ2v) is 8.39. The van der Waals surface area contributed by atoms with Crippen molar-refractivity contribution in [2.75, 3.05) is 0 Å². The molecule has 0 saturated heterocycles. The SMILES string of the molecule is CC12CCCCC1CCC1C2=CCC2(C)C(=O)CCC12. The number of fused-ring (bicyclic) bond motifs is 5. The van der Waals surface area contributed by atoms with Crippen molar-refractivity contribution in [2.45, 2.75) is 71.6 Å². The van der Waals surface area contributed by atoms with E-state index in [0.717, 1.165) is 31.1 Å². The van der Waals surface area contributed by atoms with E-state index in [1.807, 2.05) is 0 Å². The van der Waals surface area contributed by atoms with Gasteiger partial charge in [0.25, 0.3) is 0 Å². The number of hydrogen-bond donors (Lipinski definition) is 0. The molecule has 5 unspecified atom stereocenters. The van der Waals surface area contributed by atoms with Crippen LogP contribution in [0.1, 0.15) is 71.6 Å². The number of carbonyl (C=O) groups excluding carboxylic acids is 1. The summed E-state index contributed by atoms with van der Waals surface area (Å²) in [7, 11) is 0. The van der Waals surface area contributed by atoms with Gasteiger partial charge in [-0.05, 0) is 61.7 Å². The molecule has 4 aliphatic carbocycles. The van der Waals surface area contributed by atoms with E-state index in [9.17, 15) is 4.79 Å². The Hall–Kier alpha value is -0.590. The number of Topliss-reactive ketones (excluding diaryl/α,β-unsaturated/α-hetero) is 1. The van der Waals surface area contributed by atoms with E-state index in [4.69, 9.17) is 0 Å². The molecule has 0 aromatic rings. The molecule has 1 heteroatoms. The maximum Gasteiger partial charge on any atom is 0.139 e. The van der Waals surface area contributed by atoms with Crippen LogP contribution >= 0.6 is 0 Å². The van der Waals surface area contributed by atoms with Gasteiger partial charge in [0.2, 0.25) is 0 Å². The second-order valence-electron chi connectivity index (χ2n) is 8.39. The van der Waals surface area contributed by atoms with E-state index in [-0.39, 0.29) is 5.41 Å². The minimum Gasteiger partial charge on any atom is -0.299 e. The summed E-state index contributed by atoms with van der Waals surface area (Å²) in [5, 5.41) is 0. The van der Waals surface area contributed by atoms with E-state index in [2.05, 4.69) is 19.9 Å². The third-order valence-electron chi connectivity index (χ3n) is 7.65. The molecule has 0 amide bonds. The summed E-state index contributed by atoms with van der Waals surface area (Å²) in [6.45, 7) is 4.81. The van der Waals surface area contributed by atoms with Crippen molar-refractivity contribution in [1.82, 2.24) is 0 Å². The molecule has 0 N–H and O–H groups in total. The van der Waals surface area contributed by atoms with Gasteiger partial charge in [-0.25, -0.2) is 0 Å². The van der Waals surface area contributed by atoms with E-state index >= 15 is 0 Å². The Kier molecular flexibility index (Phi) is 2.76. The topological polar surface area (TPSA) is 17.1 Å². The lowest BCUT2D eigenvalue weighted by molar-refractivity contribution is -0.127. The van der Waals surface area contributed by atoms with Crippen LogP contribution in [0.3, 0.4) is 0 Å². The average Bonchev–Trinajstić information content (AvgIpc) is 2.74. The minimum absolute atomic E-state index is 0.00791. The highest BCUT2D eigenvalue weighted by atomic mass is 16.1. The monoisotopic (exact) mass is 272 g/mol. The van der Waals surface area contributed by atoms with Gasteiger partial charge in [0, 0.05) is 11.8 Å². The van der Waals surface area contributed by atoms with E-state index in [1.165, 1.54) is 38.5 Å². The third-order valence-corrected chi connectivity index (χ3v) is 7.65. The maximum absolute atomic E-state index is 12.3. The van der Waals surface area contributed by atoms with Gasteiger partial charge in [-0.2, -0.15) is 0 Å². The van der Waals surface area contributed by atoms with Crippen molar-refractivity contribution in [3.63, 3.8) is 0 Å². The molecule has 0 aliphatic heterocycles. The first-order valence-electron chi connectivity index (χ1n) is 8.79. The van der Waals surface area contributed by atoms with Gasteiger partial charge in [-0.3, -0.25) is 4.79 Å². The van der Waals surface area contributed by atoms with E-state index < -0.39 is 0 Å². The van der Waals surface area contributed by atoms with Crippen LogP contribution in [0.25, 0.3) is 0 Å². The zero-order valence-corrected chi connectivity index (χ0v) is 13.1. The first kappa shape index (κ1) is 13.1. The predicted octanol–water partition coefficient (Wildman–Crippen LogP) is 4.91. The van der Waals surface area contributed by atoms with E-state index in [1.54, 1.807) is 5.57 Å². The van der Waals surface area contributed by atoms with Crippen molar-refractivity contribution >= 4 is 5.78 Å². The molecule has 110 valence electrons. The fraction of sp³-hybridized carbons (Fsp3) is 0.842. The highest BCUT2D eigenvalue weighted by Crippen LogP contribution is 2.63. The predicted molar refractivity (Wildman–Crippen MR) is 81.3 cm³/mol. The molecule has 20 heavy (non-hydrogen) atoms. The van der Waals surface area contributed by atoms with Gasteiger partial charge < -0.3 is 0 Å². The molecule has 3 saturated carbocycles. The van der Waals surface area contributed by atoms with Crippen LogP contribution < -0.4 is 0 Å². The Morgan fingerprint density at radius 3 is 2.75 bits per heavy atom. The van der Waals surface area contributed by atoms with Gasteiger partial charge in [-0.1, -0.05) is 38.3 Å². The number of allylic oxidation sites excluding steroid dienone is 2. The molecular formula is C19H28O. The lowest BCUT2D eigenvalue weighted by Crippen LogP contribution is -2.46. The van der Waals surface area contributed by atoms with Crippen molar-refractivity contribution in [2.24, 2.45) is 28.6 Å². The summed E-state index contributed by atoms with van der Waals surface area (Å²) in [6.07, 6.45) is 14.1. The molecule has 0 spiro atoms. The Morgan fingerprint density at radius 2 is 1.90 bits per heavy atom. The second kappa shape index (κ2) is 4.21. The first-order chi connectivity index (χ1) is 9.56. The molecule has 0 heterocycles. The van der Waals surface area contributed by atoms with Crippen LogP contribution in [0.15, 0.2) is 11.6 Å². The number of carbonyl (C=O) groups is 1. The molecule has 4 rings (SSSR count). The lowest BCUT2D eigenvalue weighted by atomic mass is 9.49. The molecule has 0 aromatic heterocycles. The summed E-state index contributed by atoms with van der Waals surface area (Å²) in [6, 6.07) is 0. The highest BCUT2D eigenvalue weighted by Gasteiger charge is 2.56. The van der Waals surface area contributed by atoms with Gasteiger partial charge in [0.15, 0.2) is 0 Å². The molecule has 1 nitrogen and oxygen atoms in total. The van der Waals surface area contributed by atoms with E-state index in [0.29, 0.717) is 17.1 Å². The molecule has 3 fully saturated rings. The van der Waals surface area contributed by atoms with Crippen LogP contribution in [-0.4, -0.2) is 5.78 Å². The van der Waals surface area contributed by atoms with Crippen molar-refractivity contribution < 1.29 is 4.79 Å². The molecule has 0 aromatic carbocycles. The van der Waals surface area contributed by atoms with Gasteiger partial charge >= 0.3 is 0 Å². The standard InChI is InChI=1S/C19H28O/c1-18-11-4-3-5-13(18)6-7-14-15-8-9-17(20)19(15,2)12-10-16(14)18/h10,13-15H,3-9,11-12H2,1-2H3. The normalized spacial score (nSPS) is 51.0. The van der Waals surface area contributed by atoms with Gasteiger partial charge in [0.05, 0.1) is 0 Å². The molecule has 5 atom stereocenters. The fourth-order valence-corrected chi connectivity index (χ4v) is 6.34. The Morgan fingerprint density at radius 1 is 1.05 bits per heavy atom. The maximum atomic E-state index is 12.3. The lowest BCUT2D eigenvalue weighted by Gasteiger charge is -2.55. The quantitative estimate of drug-likeness (QED) is 0.573. The van der Waals surface area contributed by atoms with Crippen molar-refractivity contribution in [1.29, 1.82) is 0 Å². The molecular weight excluding hydrogens is 244 g/mol.